The lowest BCUT2D eigenvalue weighted by Gasteiger charge is -2.50. The van der Waals surface area contributed by atoms with E-state index in [1.165, 1.54) is 148 Å². The third kappa shape index (κ3) is 10.4. The molecule has 5 rings (SSSR count). The van der Waals surface area contributed by atoms with Gasteiger partial charge in [-0.25, -0.2) is 0 Å². The Morgan fingerprint density at radius 2 is 0.939 bits per heavy atom. The molecule has 0 spiro atoms. The van der Waals surface area contributed by atoms with Crippen LogP contribution in [0.1, 0.15) is 203 Å². The molecule has 5 aliphatic carbocycles. The molecule has 5 fully saturated rings. The van der Waals surface area contributed by atoms with Gasteiger partial charge in [-0.05, 0) is 187 Å². The minimum absolute atomic E-state index is 0.399. The second-order valence-electron chi connectivity index (χ2n) is 19.8. The molecule has 5 aliphatic rings. The Hall–Kier alpha value is -0.340. The molecule has 3 unspecified atom stereocenters. The van der Waals surface area contributed by atoms with Crippen molar-refractivity contribution in [2.75, 3.05) is 0 Å². The van der Waals surface area contributed by atoms with Crippen LogP contribution in [-0.2, 0) is 9.47 Å². The van der Waals surface area contributed by atoms with Gasteiger partial charge in [-0.3, -0.25) is 0 Å². The van der Waals surface area contributed by atoms with Gasteiger partial charge in [-0.15, -0.1) is 0 Å². The summed E-state index contributed by atoms with van der Waals surface area (Å²) in [5.41, 5.74) is 0.873. The summed E-state index contributed by atoms with van der Waals surface area (Å²) < 4.78 is 13.4. The van der Waals surface area contributed by atoms with Crippen molar-refractivity contribution in [2.45, 2.75) is 227 Å². The third-order valence-electron chi connectivity index (χ3n) is 16.6. The predicted octanol–water partition coefficient (Wildman–Crippen LogP) is 14.2. The first-order valence-corrected chi connectivity index (χ1v) is 22.5. The van der Waals surface area contributed by atoms with Gasteiger partial charge in [-0.1, -0.05) is 86.3 Å². The standard InChI is InChI=1S/C47H84O2/c1-9-12-41(46(6,7)39-21-13-34(4)14-22-39)33-38(10-2)47(8,11-3)40-23-17-36(18-24-40)37-19-27-43(28-20-37)49-45-31-29-44(30-32-45)48-42-25-15-35(5)16-26-42/h9,12,34-45H,10-11,13-33H2,1-8H3/b12-9-. The highest BCUT2D eigenvalue weighted by Crippen LogP contribution is 2.55. The summed E-state index contributed by atoms with van der Waals surface area (Å²) in [6, 6.07) is 0. The van der Waals surface area contributed by atoms with Gasteiger partial charge < -0.3 is 9.47 Å². The zero-order valence-corrected chi connectivity index (χ0v) is 34.2. The van der Waals surface area contributed by atoms with Crippen LogP contribution in [0.15, 0.2) is 12.2 Å². The van der Waals surface area contributed by atoms with Crippen molar-refractivity contribution >= 4 is 0 Å². The molecular formula is C47H84O2. The predicted molar refractivity (Wildman–Crippen MR) is 211 cm³/mol. The molecule has 0 N–H and O–H groups in total. The van der Waals surface area contributed by atoms with E-state index in [9.17, 15) is 0 Å². The molecule has 0 bridgehead atoms. The molecule has 49 heavy (non-hydrogen) atoms. The average Bonchev–Trinajstić information content (AvgIpc) is 3.12. The molecule has 0 aromatic rings. The normalized spacial score (nSPS) is 39.3. The van der Waals surface area contributed by atoms with Crippen LogP contribution in [-0.4, -0.2) is 24.4 Å². The minimum atomic E-state index is 0.399. The van der Waals surface area contributed by atoms with E-state index in [0.29, 0.717) is 41.2 Å². The fourth-order valence-corrected chi connectivity index (χ4v) is 12.4. The van der Waals surface area contributed by atoms with Gasteiger partial charge in [0.1, 0.15) is 0 Å². The zero-order valence-electron chi connectivity index (χ0n) is 34.2. The topological polar surface area (TPSA) is 18.5 Å². The highest BCUT2D eigenvalue weighted by molar-refractivity contribution is 5.01. The fourth-order valence-electron chi connectivity index (χ4n) is 12.4. The van der Waals surface area contributed by atoms with Crippen LogP contribution < -0.4 is 0 Å². The molecule has 0 amide bonds. The largest absolute Gasteiger partial charge is 0.375 e. The molecule has 0 saturated heterocycles. The monoisotopic (exact) mass is 681 g/mol. The Balaban J connectivity index is 1.05. The first-order chi connectivity index (χ1) is 23.5. The Kier molecular flexibility index (Phi) is 15.1. The molecule has 0 heterocycles. The van der Waals surface area contributed by atoms with Crippen LogP contribution in [0.2, 0.25) is 0 Å². The lowest BCUT2D eigenvalue weighted by Crippen LogP contribution is -2.41. The van der Waals surface area contributed by atoms with E-state index in [2.05, 4.69) is 67.5 Å². The van der Waals surface area contributed by atoms with Crippen LogP contribution in [0.3, 0.4) is 0 Å². The lowest BCUT2D eigenvalue weighted by atomic mass is 9.55. The number of hydrogen-bond donors (Lipinski definition) is 0. The van der Waals surface area contributed by atoms with Gasteiger partial charge in [0.25, 0.3) is 0 Å². The van der Waals surface area contributed by atoms with Gasteiger partial charge in [0, 0.05) is 0 Å². The molecule has 0 aromatic carbocycles. The number of ether oxygens (including phenoxy) is 2. The van der Waals surface area contributed by atoms with Crippen molar-refractivity contribution in [3.63, 3.8) is 0 Å². The highest BCUT2D eigenvalue weighted by atomic mass is 16.5. The van der Waals surface area contributed by atoms with Crippen LogP contribution >= 0.6 is 0 Å². The maximum absolute atomic E-state index is 6.79. The van der Waals surface area contributed by atoms with Crippen LogP contribution in [0.25, 0.3) is 0 Å². The molecule has 0 radical (unpaired) electrons. The van der Waals surface area contributed by atoms with Crippen molar-refractivity contribution < 1.29 is 9.47 Å². The number of allylic oxidation sites excluding steroid dienone is 2. The molecule has 284 valence electrons. The summed E-state index contributed by atoms with van der Waals surface area (Å²) >= 11 is 0. The van der Waals surface area contributed by atoms with Crippen LogP contribution in [0.5, 0.6) is 0 Å². The van der Waals surface area contributed by atoms with Gasteiger partial charge in [0.2, 0.25) is 0 Å². The molecule has 3 atom stereocenters. The minimum Gasteiger partial charge on any atom is -0.375 e. The Labute approximate surface area is 306 Å². The first-order valence-electron chi connectivity index (χ1n) is 22.5. The molecule has 5 saturated carbocycles. The molecule has 2 nitrogen and oxygen atoms in total. The summed E-state index contributed by atoms with van der Waals surface area (Å²) in [6.45, 7) is 20.2. The van der Waals surface area contributed by atoms with E-state index >= 15 is 0 Å². The zero-order chi connectivity index (χ0) is 35.0. The quantitative estimate of drug-likeness (QED) is 0.170. The second-order valence-corrected chi connectivity index (χ2v) is 19.8. The maximum atomic E-state index is 6.79. The summed E-state index contributed by atoms with van der Waals surface area (Å²) in [5, 5.41) is 0. The summed E-state index contributed by atoms with van der Waals surface area (Å²) in [7, 11) is 0. The average molecular weight is 681 g/mol. The van der Waals surface area contributed by atoms with Gasteiger partial charge >= 0.3 is 0 Å². The number of hydrogen-bond acceptors (Lipinski definition) is 2. The Morgan fingerprint density at radius 1 is 0.551 bits per heavy atom. The molecule has 2 heteroatoms. The van der Waals surface area contributed by atoms with Crippen molar-refractivity contribution in [1.82, 2.24) is 0 Å². The van der Waals surface area contributed by atoms with E-state index in [4.69, 9.17) is 9.47 Å². The number of rotatable bonds is 14. The molecular weight excluding hydrogens is 597 g/mol. The smallest absolute Gasteiger partial charge is 0.0580 e. The van der Waals surface area contributed by atoms with E-state index in [0.717, 1.165) is 41.4 Å². The van der Waals surface area contributed by atoms with Gasteiger partial charge in [0.05, 0.1) is 24.4 Å². The van der Waals surface area contributed by atoms with Gasteiger partial charge in [-0.2, -0.15) is 0 Å². The highest BCUT2D eigenvalue weighted by Gasteiger charge is 2.45. The van der Waals surface area contributed by atoms with Crippen LogP contribution in [0.4, 0.5) is 0 Å². The van der Waals surface area contributed by atoms with E-state index in [1.807, 2.05) is 0 Å². The van der Waals surface area contributed by atoms with E-state index in [1.54, 1.807) is 0 Å². The SMILES string of the molecule is C/C=C\C(CC(CC)C(C)(CC)C1CCC(C2CCC(OC3CCC(OC4CCC(C)CC4)CC3)CC2)CC1)C(C)(C)C1CCC(C)CC1. The van der Waals surface area contributed by atoms with Crippen molar-refractivity contribution in [3.8, 4) is 0 Å². The summed E-state index contributed by atoms with van der Waals surface area (Å²) in [5.74, 6) is 7.08. The fraction of sp³-hybridized carbons (Fsp3) is 0.957. The Bertz CT molecular complexity index is 945. The molecule has 0 aromatic heterocycles. The molecule has 0 aliphatic heterocycles. The maximum Gasteiger partial charge on any atom is 0.0580 e. The third-order valence-corrected chi connectivity index (χ3v) is 16.6. The van der Waals surface area contributed by atoms with Gasteiger partial charge in [0.15, 0.2) is 0 Å². The van der Waals surface area contributed by atoms with Crippen molar-refractivity contribution in [3.05, 3.63) is 12.2 Å². The summed E-state index contributed by atoms with van der Waals surface area (Å²) in [4.78, 5) is 0. The lowest BCUT2D eigenvalue weighted by molar-refractivity contribution is -0.0975. The van der Waals surface area contributed by atoms with Crippen molar-refractivity contribution in [1.29, 1.82) is 0 Å². The summed E-state index contributed by atoms with van der Waals surface area (Å²) in [6.07, 6.45) is 38.5. The Morgan fingerprint density at radius 3 is 1.37 bits per heavy atom. The van der Waals surface area contributed by atoms with Crippen molar-refractivity contribution in [2.24, 2.45) is 58.2 Å². The second kappa shape index (κ2) is 18.6. The van der Waals surface area contributed by atoms with Crippen LogP contribution in [0, 0.1) is 58.2 Å². The van der Waals surface area contributed by atoms with E-state index < -0.39 is 0 Å². The van der Waals surface area contributed by atoms with E-state index in [-0.39, 0.29) is 0 Å². The first kappa shape index (κ1) is 39.9.